The van der Waals surface area contributed by atoms with Crippen molar-refractivity contribution < 1.29 is 0 Å². The Hall–Kier alpha value is -1.40. The Morgan fingerprint density at radius 3 is 2.43 bits per heavy atom. The summed E-state index contributed by atoms with van der Waals surface area (Å²) in [5, 5.41) is 3.82. The van der Waals surface area contributed by atoms with Gasteiger partial charge in [0.25, 0.3) is 3.92 Å². The van der Waals surface area contributed by atoms with Crippen molar-refractivity contribution in [3.8, 4) is 5.69 Å². The maximum absolute atomic E-state index is 12.2. The van der Waals surface area contributed by atoms with Gasteiger partial charge in [-0.25, -0.2) is 9.36 Å². The van der Waals surface area contributed by atoms with Crippen molar-refractivity contribution in [1.82, 2.24) is 14.3 Å². The molecule has 1 heterocycles. The number of thiocarbonyl (C=S) groups is 1. The summed E-state index contributed by atoms with van der Waals surface area (Å²) in [5.41, 5.74) is 2.09. The fraction of sp³-hybridized carbons (Fsp3) is 0.133. The summed E-state index contributed by atoms with van der Waals surface area (Å²) in [6.07, 6.45) is 8.05. The van der Waals surface area contributed by atoms with Gasteiger partial charge in [0.05, 0.1) is 5.69 Å². The fourth-order valence-corrected chi connectivity index (χ4v) is 2.89. The Labute approximate surface area is 152 Å². The number of halogens is 3. The summed E-state index contributed by atoms with van der Waals surface area (Å²) in [6, 6.07) is 7.38. The van der Waals surface area contributed by atoms with E-state index < -0.39 is 9.61 Å². The third-order valence-corrected chi connectivity index (χ3v) is 4.24. The third-order valence-electron chi connectivity index (χ3n) is 3.37. The van der Waals surface area contributed by atoms with E-state index in [1.165, 1.54) is 10.9 Å². The van der Waals surface area contributed by atoms with Crippen LogP contribution in [0.25, 0.3) is 11.3 Å². The number of hydrogen-bond acceptors (Lipinski definition) is 3. The average Bonchev–Trinajstić information content (AvgIpc) is 2.90. The summed E-state index contributed by atoms with van der Waals surface area (Å²) >= 11 is 22.5. The van der Waals surface area contributed by atoms with Gasteiger partial charge in [0, 0.05) is 11.3 Å². The van der Waals surface area contributed by atoms with Gasteiger partial charge in [-0.15, -0.1) is 0 Å². The Kier molecular flexibility index (Phi) is 4.47. The molecule has 1 aliphatic carbocycles. The first-order valence-corrected chi connectivity index (χ1v) is 8.17. The molecule has 8 heteroatoms. The summed E-state index contributed by atoms with van der Waals surface area (Å²) < 4.78 is 0.169. The van der Waals surface area contributed by atoms with Crippen LogP contribution < -0.4 is 5.69 Å². The molecule has 23 heavy (non-hydrogen) atoms. The van der Waals surface area contributed by atoms with Crippen LogP contribution in [-0.2, 0) is 3.92 Å². The molecule has 2 aromatic rings. The minimum absolute atomic E-state index is 0.534. The van der Waals surface area contributed by atoms with E-state index in [0.717, 1.165) is 27.1 Å². The first-order chi connectivity index (χ1) is 10.9. The molecule has 118 valence electrons. The van der Waals surface area contributed by atoms with E-state index >= 15 is 0 Å². The number of nitrogens with zero attached hydrogens (tertiary/aromatic N) is 3. The standard InChI is InChI=1S/C15H10Cl3N3OS/c16-15(17,18)21-14(22)20(9-19-21)11-7-5-10(6-8-11)12-3-1-2-4-13(12)23/h1-3,5-9H,4H2. The molecule has 0 atom stereocenters. The van der Waals surface area contributed by atoms with E-state index in [1.807, 2.05) is 30.4 Å². The lowest BCUT2D eigenvalue weighted by atomic mass is 9.97. The predicted molar refractivity (Wildman–Crippen MR) is 97.7 cm³/mol. The Morgan fingerprint density at radius 1 is 1.17 bits per heavy atom. The van der Waals surface area contributed by atoms with Crippen LogP contribution in [0.3, 0.4) is 0 Å². The first kappa shape index (κ1) is 16.5. The van der Waals surface area contributed by atoms with Crippen molar-refractivity contribution in [2.45, 2.75) is 10.3 Å². The molecule has 0 unspecified atom stereocenters. The molecule has 0 aliphatic heterocycles. The molecule has 0 saturated carbocycles. The minimum atomic E-state index is -1.92. The van der Waals surface area contributed by atoms with Crippen LogP contribution in [0.15, 0.2) is 53.6 Å². The van der Waals surface area contributed by atoms with Gasteiger partial charge < -0.3 is 0 Å². The fourth-order valence-electron chi connectivity index (χ4n) is 2.26. The molecular weight excluding hydrogens is 377 g/mol. The molecule has 1 aromatic heterocycles. The van der Waals surface area contributed by atoms with Gasteiger partial charge >= 0.3 is 5.69 Å². The quantitative estimate of drug-likeness (QED) is 0.578. The number of benzene rings is 1. The van der Waals surface area contributed by atoms with Crippen molar-refractivity contribution in [2.24, 2.45) is 0 Å². The van der Waals surface area contributed by atoms with Crippen LogP contribution in [0.5, 0.6) is 0 Å². The van der Waals surface area contributed by atoms with E-state index in [1.54, 1.807) is 12.1 Å². The molecule has 0 bridgehead atoms. The third kappa shape index (κ3) is 3.28. The zero-order valence-electron chi connectivity index (χ0n) is 11.6. The number of rotatable bonds is 2. The lowest BCUT2D eigenvalue weighted by Gasteiger charge is -2.11. The summed E-state index contributed by atoms with van der Waals surface area (Å²) in [6.45, 7) is 0. The number of hydrogen-bond donors (Lipinski definition) is 0. The van der Waals surface area contributed by atoms with Gasteiger partial charge in [-0.1, -0.05) is 77.4 Å². The number of aromatic nitrogens is 3. The first-order valence-electron chi connectivity index (χ1n) is 6.62. The number of alkyl halides is 3. The predicted octanol–water partition coefficient (Wildman–Crippen LogP) is 4.03. The van der Waals surface area contributed by atoms with Crippen molar-refractivity contribution in [2.75, 3.05) is 0 Å². The molecule has 0 amide bonds. The lowest BCUT2D eigenvalue weighted by Crippen LogP contribution is -2.30. The number of allylic oxidation sites excluding steroid dienone is 4. The summed E-state index contributed by atoms with van der Waals surface area (Å²) in [4.78, 5) is 13.1. The highest BCUT2D eigenvalue weighted by molar-refractivity contribution is 7.81. The Bertz CT molecular complexity index is 873. The van der Waals surface area contributed by atoms with E-state index in [0.29, 0.717) is 5.69 Å². The van der Waals surface area contributed by atoms with Gasteiger partial charge in [0.2, 0.25) is 0 Å². The molecule has 1 aliphatic rings. The smallest absolute Gasteiger partial charge is 0.249 e. The average molecular weight is 387 g/mol. The molecular formula is C15H10Cl3N3OS. The zero-order valence-corrected chi connectivity index (χ0v) is 14.7. The van der Waals surface area contributed by atoms with E-state index in [9.17, 15) is 4.79 Å². The minimum Gasteiger partial charge on any atom is -0.249 e. The van der Waals surface area contributed by atoms with E-state index in [4.69, 9.17) is 47.0 Å². The molecule has 1 aromatic carbocycles. The van der Waals surface area contributed by atoms with Crippen LogP contribution in [0.2, 0.25) is 0 Å². The second kappa shape index (κ2) is 6.24. The maximum Gasteiger partial charge on any atom is 0.354 e. The van der Waals surface area contributed by atoms with Gasteiger partial charge in [0.15, 0.2) is 0 Å². The summed E-state index contributed by atoms with van der Waals surface area (Å²) in [5.74, 6) is 0. The second-order valence-corrected chi connectivity index (χ2v) is 7.56. The van der Waals surface area contributed by atoms with Crippen LogP contribution in [0.4, 0.5) is 0 Å². The van der Waals surface area contributed by atoms with Gasteiger partial charge in [-0.2, -0.15) is 9.78 Å². The van der Waals surface area contributed by atoms with Gasteiger partial charge in [-0.3, -0.25) is 0 Å². The van der Waals surface area contributed by atoms with Crippen molar-refractivity contribution in [3.05, 3.63) is 64.9 Å². The Morgan fingerprint density at radius 2 is 1.87 bits per heavy atom. The van der Waals surface area contributed by atoms with Crippen LogP contribution in [0, 0.1) is 0 Å². The highest BCUT2D eigenvalue weighted by Crippen LogP contribution is 2.29. The van der Waals surface area contributed by atoms with Gasteiger partial charge in [0.1, 0.15) is 6.33 Å². The van der Waals surface area contributed by atoms with Crippen molar-refractivity contribution in [1.29, 1.82) is 0 Å². The molecule has 3 rings (SSSR count). The maximum atomic E-state index is 12.2. The highest BCUT2D eigenvalue weighted by atomic mass is 35.6. The summed E-state index contributed by atoms with van der Waals surface area (Å²) in [7, 11) is 0. The highest BCUT2D eigenvalue weighted by Gasteiger charge is 2.27. The van der Waals surface area contributed by atoms with E-state index in [-0.39, 0.29) is 0 Å². The topological polar surface area (TPSA) is 39.8 Å². The van der Waals surface area contributed by atoms with Crippen LogP contribution >= 0.6 is 47.0 Å². The zero-order chi connectivity index (χ0) is 16.6. The van der Waals surface area contributed by atoms with Crippen LogP contribution in [0.1, 0.15) is 12.0 Å². The largest absolute Gasteiger partial charge is 0.354 e. The monoisotopic (exact) mass is 385 g/mol. The van der Waals surface area contributed by atoms with Gasteiger partial charge in [-0.05, 0) is 23.3 Å². The normalized spacial score (nSPS) is 14.9. The molecule has 0 N–H and O–H groups in total. The van der Waals surface area contributed by atoms with Crippen molar-refractivity contribution in [3.63, 3.8) is 0 Å². The van der Waals surface area contributed by atoms with Crippen molar-refractivity contribution >= 4 is 57.5 Å². The van der Waals surface area contributed by atoms with Crippen LogP contribution in [-0.4, -0.2) is 19.2 Å². The molecule has 4 nitrogen and oxygen atoms in total. The SMILES string of the molecule is O=c1n(-c2ccc(C3=CC=CCC3=S)cc2)cnn1C(Cl)(Cl)Cl. The van der Waals surface area contributed by atoms with E-state index in [2.05, 4.69) is 5.10 Å². The molecule has 0 saturated heterocycles. The molecule has 0 fully saturated rings. The molecule has 0 spiro atoms. The Balaban J connectivity index is 1.96. The molecule has 0 radical (unpaired) electrons. The second-order valence-electron chi connectivity index (χ2n) is 4.85. The lowest BCUT2D eigenvalue weighted by molar-refractivity contribution is 0.640.